The number of aromatic nitrogens is 2. The van der Waals surface area contributed by atoms with Crippen molar-refractivity contribution in [2.75, 3.05) is 0 Å². The molecular weight excluding hydrogens is 330 g/mol. The van der Waals surface area contributed by atoms with Crippen molar-refractivity contribution in [2.24, 2.45) is 5.92 Å². The van der Waals surface area contributed by atoms with Gasteiger partial charge in [0.2, 0.25) is 17.6 Å². The topological polar surface area (TPSA) is 105 Å². The van der Waals surface area contributed by atoms with Crippen molar-refractivity contribution in [1.29, 1.82) is 0 Å². The second-order valence-electron chi connectivity index (χ2n) is 5.98. The predicted octanol–water partition coefficient (Wildman–Crippen LogP) is 2.49. The fourth-order valence-electron chi connectivity index (χ4n) is 2.44. The Morgan fingerprint density at radius 1 is 1.46 bits per heavy atom. The summed E-state index contributed by atoms with van der Waals surface area (Å²) in [5.74, 6) is 0.271. The molecule has 3 rings (SSSR count). The first kappa shape index (κ1) is 16.6. The van der Waals surface area contributed by atoms with Gasteiger partial charge in [0.05, 0.1) is 4.88 Å². The highest BCUT2D eigenvalue weighted by molar-refractivity contribution is 7.13. The maximum Gasteiger partial charge on any atom is 0.326 e. The van der Waals surface area contributed by atoms with Gasteiger partial charge in [-0.15, -0.1) is 11.3 Å². The minimum Gasteiger partial charge on any atom is -0.480 e. The number of nitrogens with one attached hydrogen (secondary N) is 1. The Bertz CT molecular complexity index is 694. The quantitative estimate of drug-likeness (QED) is 0.720. The number of amides is 1. The van der Waals surface area contributed by atoms with Crippen LogP contribution < -0.4 is 5.32 Å². The summed E-state index contributed by atoms with van der Waals surface area (Å²) in [6.07, 6.45) is 3.91. The summed E-state index contributed by atoms with van der Waals surface area (Å²) in [4.78, 5) is 28.3. The zero-order valence-electron chi connectivity index (χ0n) is 13.1. The Hall–Kier alpha value is -2.22. The molecule has 128 valence electrons. The van der Waals surface area contributed by atoms with E-state index in [0.717, 1.165) is 17.7 Å². The monoisotopic (exact) mass is 349 g/mol. The molecule has 1 aliphatic carbocycles. The number of carbonyl (C=O) groups excluding carboxylic acids is 1. The minimum absolute atomic E-state index is 0.241. The Kier molecular flexibility index (Phi) is 5.24. The van der Waals surface area contributed by atoms with Crippen LogP contribution >= 0.6 is 11.3 Å². The van der Waals surface area contributed by atoms with Crippen LogP contribution in [-0.2, 0) is 16.0 Å². The number of aliphatic carboxylic acids is 1. The SMILES string of the molecule is O=C(CCCc1nc(-c2cccs2)no1)NC(CC1CC1)C(=O)O. The van der Waals surface area contributed by atoms with Crippen LogP contribution in [0.4, 0.5) is 0 Å². The van der Waals surface area contributed by atoms with Gasteiger partial charge in [-0.1, -0.05) is 24.1 Å². The molecule has 8 heteroatoms. The molecule has 0 spiro atoms. The molecule has 0 aliphatic heterocycles. The van der Waals surface area contributed by atoms with E-state index in [1.165, 1.54) is 11.3 Å². The highest BCUT2D eigenvalue weighted by atomic mass is 32.1. The average Bonchev–Trinajstić information content (AvgIpc) is 3.03. The highest BCUT2D eigenvalue weighted by Crippen LogP contribution is 2.33. The van der Waals surface area contributed by atoms with E-state index < -0.39 is 12.0 Å². The van der Waals surface area contributed by atoms with Crippen LogP contribution in [0.15, 0.2) is 22.0 Å². The molecule has 2 heterocycles. The van der Waals surface area contributed by atoms with Gasteiger partial charge in [-0.25, -0.2) is 4.79 Å². The van der Waals surface area contributed by atoms with Crippen molar-refractivity contribution >= 4 is 23.2 Å². The summed E-state index contributed by atoms with van der Waals surface area (Å²) < 4.78 is 5.17. The zero-order valence-corrected chi connectivity index (χ0v) is 13.9. The van der Waals surface area contributed by atoms with Gasteiger partial charge in [-0.05, 0) is 30.2 Å². The van der Waals surface area contributed by atoms with Crippen molar-refractivity contribution in [1.82, 2.24) is 15.5 Å². The van der Waals surface area contributed by atoms with Gasteiger partial charge in [0, 0.05) is 12.8 Å². The Labute approximate surface area is 143 Å². The maximum atomic E-state index is 11.9. The van der Waals surface area contributed by atoms with Crippen molar-refractivity contribution in [2.45, 2.75) is 44.6 Å². The number of thiophene rings is 1. The first-order valence-corrected chi connectivity index (χ1v) is 8.88. The number of carboxylic acids is 1. The first-order chi connectivity index (χ1) is 11.6. The number of hydrogen-bond donors (Lipinski definition) is 2. The maximum absolute atomic E-state index is 11.9. The van der Waals surface area contributed by atoms with Crippen LogP contribution in [0.1, 0.15) is 38.0 Å². The molecule has 1 fully saturated rings. The lowest BCUT2D eigenvalue weighted by Gasteiger charge is -2.13. The minimum atomic E-state index is -0.965. The lowest BCUT2D eigenvalue weighted by Crippen LogP contribution is -2.41. The van der Waals surface area contributed by atoms with Crippen LogP contribution in [0.5, 0.6) is 0 Å². The summed E-state index contributed by atoms with van der Waals surface area (Å²) in [5, 5.41) is 17.6. The number of nitrogens with zero attached hydrogens (tertiary/aromatic N) is 2. The van der Waals surface area contributed by atoms with Crippen molar-refractivity contribution < 1.29 is 19.2 Å². The smallest absolute Gasteiger partial charge is 0.326 e. The third-order valence-electron chi connectivity index (χ3n) is 3.90. The zero-order chi connectivity index (χ0) is 16.9. The number of aryl methyl sites for hydroxylation is 1. The third kappa shape index (κ3) is 4.64. The van der Waals surface area contributed by atoms with Gasteiger partial charge < -0.3 is 14.9 Å². The molecule has 2 N–H and O–H groups in total. The molecule has 1 unspecified atom stereocenters. The van der Waals surface area contributed by atoms with Gasteiger partial charge >= 0.3 is 5.97 Å². The van der Waals surface area contributed by atoms with Gasteiger partial charge in [0.15, 0.2) is 0 Å². The molecule has 0 radical (unpaired) electrons. The number of carboxylic acid groups (broad SMARTS) is 1. The molecule has 2 aromatic rings. The van der Waals surface area contributed by atoms with Crippen LogP contribution in [0, 0.1) is 5.92 Å². The van der Waals surface area contributed by atoms with Crippen molar-refractivity contribution in [3.8, 4) is 10.7 Å². The van der Waals surface area contributed by atoms with E-state index in [1.54, 1.807) is 0 Å². The fourth-order valence-corrected chi connectivity index (χ4v) is 3.09. The van der Waals surface area contributed by atoms with E-state index in [1.807, 2.05) is 17.5 Å². The Morgan fingerprint density at radius 3 is 2.96 bits per heavy atom. The lowest BCUT2D eigenvalue weighted by molar-refractivity contribution is -0.142. The van der Waals surface area contributed by atoms with E-state index in [9.17, 15) is 9.59 Å². The molecule has 2 aromatic heterocycles. The summed E-state index contributed by atoms with van der Waals surface area (Å²) >= 11 is 1.53. The largest absolute Gasteiger partial charge is 0.480 e. The van der Waals surface area contributed by atoms with E-state index in [2.05, 4.69) is 15.5 Å². The lowest BCUT2D eigenvalue weighted by atomic mass is 10.1. The molecule has 1 amide bonds. The molecule has 1 aliphatic rings. The number of hydrogen-bond acceptors (Lipinski definition) is 6. The van der Waals surface area contributed by atoms with Crippen LogP contribution in [0.2, 0.25) is 0 Å². The molecule has 0 aromatic carbocycles. The molecule has 1 atom stereocenters. The van der Waals surface area contributed by atoms with Crippen molar-refractivity contribution in [3.05, 3.63) is 23.4 Å². The molecule has 0 saturated heterocycles. The molecule has 0 bridgehead atoms. The summed E-state index contributed by atoms with van der Waals surface area (Å²) in [6.45, 7) is 0. The second kappa shape index (κ2) is 7.57. The van der Waals surface area contributed by atoms with E-state index in [0.29, 0.717) is 36.9 Å². The summed E-state index contributed by atoms with van der Waals surface area (Å²) in [7, 11) is 0. The predicted molar refractivity (Wildman–Crippen MR) is 87.5 cm³/mol. The third-order valence-corrected chi connectivity index (χ3v) is 4.77. The van der Waals surface area contributed by atoms with E-state index >= 15 is 0 Å². The van der Waals surface area contributed by atoms with E-state index in [-0.39, 0.29) is 12.3 Å². The van der Waals surface area contributed by atoms with Gasteiger partial charge in [-0.3, -0.25) is 4.79 Å². The first-order valence-electron chi connectivity index (χ1n) is 8.00. The molecule has 1 saturated carbocycles. The molecular formula is C16H19N3O4S. The number of carbonyl (C=O) groups is 2. The number of rotatable bonds is 9. The van der Waals surface area contributed by atoms with Crippen LogP contribution in [-0.4, -0.2) is 33.2 Å². The second-order valence-corrected chi connectivity index (χ2v) is 6.93. The highest BCUT2D eigenvalue weighted by Gasteiger charge is 2.30. The Balaban J connectivity index is 1.42. The molecule has 24 heavy (non-hydrogen) atoms. The Morgan fingerprint density at radius 2 is 2.29 bits per heavy atom. The normalized spacial score (nSPS) is 15.2. The molecule has 7 nitrogen and oxygen atoms in total. The van der Waals surface area contributed by atoms with Gasteiger partial charge in [-0.2, -0.15) is 4.98 Å². The van der Waals surface area contributed by atoms with Crippen LogP contribution in [0.25, 0.3) is 10.7 Å². The average molecular weight is 349 g/mol. The standard InChI is InChI=1S/C16H19N3O4S/c20-13(17-11(16(21)22)9-10-6-7-10)4-1-5-14-18-15(19-23-14)12-3-2-8-24-12/h2-3,8,10-11H,1,4-7,9H2,(H,17,20)(H,21,22). The van der Waals surface area contributed by atoms with E-state index in [4.69, 9.17) is 9.63 Å². The fraction of sp³-hybridized carbons (Fsp3) is 0.500. The van der Waals surface area contributed by atoms with Gasteiger partial charge in [0.25, 0.3) is 0 Å². The van der Waals surface area contributed by atoms with Gasteiger partial charge in [0.1, 0.15) is 6.04 Å². The summed E-state index contributed by atoms with van der Waals surface area (Å²) in [5.41, 5.74) is 0. The summed E-state index contributed by atoms with van der Waals surface area (Å²) in [6, 6.07) is 3.05. The van der Waals surface area contributed by atoms with Crippen molar-refractivity contribution in [3.63, 3.8) is 0 Å². The van der Waals surface area contributed by atoms with Crippen LogP contribution in [0.3, 0.4) is 0 Å².